The summed E-state index contributed by atoms with van der Waals surface area (Å²) >= 11 is 1.40. The minimum atomic E-state index is -0.317. The minimum absolute atomic E-state index is 0.0902. The maximum absolute atomic E-state index is 12.5. The van der Waals surface area contributed by atoms with Gasteiger partial charge in [-0.25, -0.2) is 0 Å². The SMILES string of the molecule is CCn1c(S[C@H](C)C(=O)Nc2ccc(N)cc2)nnc1-c1cccc(C)c1. The summed E-state index contributed by atoms with van der Waals surface area (Å²) in [6, 6.07) is 15.3. The minimum Gasteiger partial charge on any atom is -0.399 e. The highest BCUT2D eigenvalue weighted by Crippen LogP contribution is 2.27. The summed E-state index contributed by atoms with van der Waals surface area (Å²) in [7, 11) is 0. The molecule has 3 rings (SSSR count). The maximum atomic E-state index is 12.5. The van der Waals surface area contributed by atoms with Crippen molar-refractivity contribution in [2.75, 3.05) is 11.1 Å². The number of carbonyl (C=O) groups excluding carboxylic acids is 1. The van der Waals surface area contributed by atoms with Gasteiger partial charge in [-0.3, -0.25) is 4.79 Å². The third-order valence-corrected chi connectivity index (χ3v) is 5.22. The maximum Gasteiger partial charge on any atom is 0.237 e. The number of nitrogen functional groups attached to an aromatic ring is 1. The zero-order valence-electron chi connectivity index (χ0n) is 15.6. The molecule has 2 aromatic carbocycles. The smallest absolute Gasteiger partial charge is 0.237 e. The number of amides is 1. The fourth-order valence-electron chi connectivity index (χ4n) is 2.68. The van der Waals surface area contributed by atoms with Crippen molar-refractivity contribution in [1.82, 2.24) is 14.8 Å². The van der Waals surface area contributed by atoms with Gasteiger partial charge in [0.1, 0.15) is 0 Å². The molecule has 140 valence electrons. The molecule has 7 heteroatoms. The Morgan fingerprint density at radius 2 is 1.96 bits per heavy atom. The van der Waals surface area contributed by atoms with Gasteiger partial charge in [-0.05, 0) is 51.1 Å². The number of carbonyl (C=O) groups is 1. The number of anilines is 2. The fraction of sp³-hybridized carbons (Fsp3) is 0.250. The van der Waals surface area contributed by atoms with Crippen LogP contribution in [0.15, 0.2) is 53.7 Å². The van der Waals surface area contributed by atoms with Crippen molar-refractivity contribution in [1.29, 1.82) is 0 Å². The molecule has 0 saturated carbocycles. The number of nitrogens with one attached hydrogen (secondary N) is 1. The topological polar surface area (TPSA) is 85.8 Å². The molecule has 0 aliphatic heterocycles. The highest BCUT2D eigenvalue weighted by molar-refractivity contribution is 8.00. The van der Waals surface area contributed by atoms with Crippen LogP contribution in [0.4, 0.5) is 11.4 Å². The lowest BCUT2D eigenvalue weighted by atomic mass is 10.1. The Labute approximate surface area is 163 Å². The average Bonchev–Trinajstić information content (AvgIpc) is 3.06. The van der Waals surface area contributed by atoms with Crippen molar-refractivity contribution in [3.05, 3.63) is 54.1 Å². The van der Waals surface area contributed by atoms with E-state index in [9.17, 15) is 4.79 Å². The number of hydrogen-bond acceptors (Lipinski definition) is 5. The molecule has 0 radical (unpaired) electrons. The van der Waals surface area contributed by atoms with Crippen LogP contribution >= 0.6 is 11.8 Å². The average molecular weight is 382 g/mol. The first-order valence-electron chi connectivity index (χ1n) is 8.81. The molecule has 1 amide bonds. The van der Waals surface area contributed by atoms with Crippen LogP contribution in [-0.4, -0.2) is 25.9 Å². The summed E-state index contributed by atoms with van der Waals surface area (Å²) in [6.07, 6.45) is 0. The van der Waals surface area contributed by atoms with Crippen LogP contribution in [0.25, 0.3) is 11.4 Å². The third-order valence-electron chi connectivity index (χ3n) is 4.14. The first-order valence-corrected chi connectivity index (χ1v) is 9.69. The molecule has 0 fully saturated rings. The molecular weight excluding hydrogens is 358 g/mol. The van der Waals surface area contributed by atoms with Crippen LogP contribution in [-0.2, 0) is 11.3 Å². The first-order chi connectivity index (χ1) is 13.0. The van der Waals surface area contributed by atoms with Gasteiger partial charge in [0.05, 0.1) is 5.25 Å². The fourth-order valence-corrected chi connectivity index (χ4v) is 3.59. The number of nitrogens with two attached hydrogens (primary N) is 1. The molecule has 0 saturated heterocycles. The Morgan fingerprint density at radius 3 is 2.63 bits per heavy atom. The van der Waals surface area contributed by atoms with E-state index in [2.05, 4.69) is 34.6 Å². The van der Waals surface area contributed by atoms with Crippen molar-refractivity contribution >= 4 is 29.0 Å². The van der Waals surface area contributed by atoms with Crippen LogP contribution in [0.1, 0.15) is 19.4 Å². The largest absolute Gasteiger partial charge is 0.399 e. The van der Waals surface area contributed by atoms with Gasteiger partial charge < -0.3 is 15.6 Å². The monoisotopic (exact) mass is 381 g/mol. The van der Waals surface area contributed by atoms with E-state index >= 15 is 0 Å². The van der Waals surface area contributed by atoms with Crippen LogP contribution in [0.3, 0.4) is 0 Å². The second kappa shape index (κ2) is 8.26. The summed E-state index contributed by atoms with van der Waals surface area (Å²) in [4.78, 5) is 12.5. The molecule has 6 nitrogen and oxygen atoms in total. The van der Waals surface area contributed by atoms with Gasteiger partial charge in [0, 0.05) is 23.5 Å². The van der Waals surface area contributed by atoms with Crippen molar-refractivity contribution in [3.63, 3.8) is 0 Å². The predicted molar refractivity (Wildman–Crippen MR) is 111 cm³/mol. The highest BCUT2D eigenvalue weighted by Gasteiger charge is 2.20. The van der Waals surface area contributed by atoms with Crippen LogP contribution in [0.2, 0.25) is 0 Å². The van der Waals surface area contributed by atoms with E-state index in [1.165, 1.54) is 17.3 Å². The standard InChI is InChI=1S/C20H23N5OS/c1-4-25-18(15-7-5-6-13(2)12-15)23-24-20(25)27-14(3)19(26)22-17-10-8-16(21)9-11-17/h5-12,14H,4,21H2,1-3H3,(H,22,26)/t14-/m1/s1. The Bertz CT molecular complexity index is 936. The number of benzene rings is 2. The molecule has 3 N–H and O–H groups in total. The van der Waals surface area contributed by atoms with E-state index in [1.807, 2.05) is 30.5 Å². The summed E-state index contributed by atoms with van der Waals surface area (Å²) in [5.74, 6) is 0.724. The number of rotatable bonds is 6. The first kappa shape index (κ1) is 19.0. The summed E-state index contributed by atoms with van der Waals surface area (Å²) in [5.41, 5.74) is 9.25. The normalized spacial score (nSPS) is 12.0. The van der Waals surface area contributed by atoms with Crippen molar-refractivity contribution < 1.29 is 4.79 Å². The van der Waals surface area contributed by atoms with E-state index in [4.69, 9.17) is 5.73 Å². The van der Waals surface area contributed by atoms with E-state index in [-0.39, 0.29) is 11.2 Å². The van der Waals surface area contributed by atoms with Crippen LogP contribution < -0.4 is 11.1 Å². The van der Waals surface area contributed by atoms with Gasteiger partial charge in [0.2, 0.25) is 5.91 Å². The number of aryl methyl sites for hydroxylation is 1. The number of aromatic nitrogens is 3. The van der Waals surface area contributed by atoms with Crippen molar-refractivity contribution in [2.24, 2.45) is 0 Å². The Hall–Kier alpha value is -2.80. The van der Waals surface area contributed by atoms with E-state index < -0.39 is 0 Å². The molecule has 0 spiro atoms. The lowest BCUT2D eigenvalue weighted by Crippen LogP contribution is -2.23. The molecule has 27 heavy (non-hydrogen) atoms. The van der Waals surface area contributed by atoms with E-state index in [1.54, 1.807) is 24.3 Å². The number of hydrogen-bond donors (Lipinski definition) is 2. The summed E-state index contributed by atoms with van der Waals surface area (Å²) in [5, 5.41) is 12.0. The molecule has 0 aliphatic rings. The van der Waals surface area contributed by atoms with Crippen molar-refractivity contribution in [3.8, 4) is 11.4 Å². The van der Waals surface area contributed by atoms with E-state index in [0.717, 1.165) is 28.8 Å². The second-order valence-corrected chi connectivity index (χ2v) is 7.60. The Morgan fingerprint density at radius 1 is 1.22 bits per heavy atom. The lowest BCUT2D eigenvalue weighted by Gasteiger charge is -2.13. The van der Waals surface area contributed by atoms with Gasteiger partial charge in [-0.2, -0.15) is 0 Å². The van der Waals surface area contributed by atoms with Gasteiger partial charge in [-0.15, -0.1) is 10.2 Å². The molecule has 0 aliphatic carbocycles. The Kier molecular flexibility index (Phi) is 5.81. The predicted octanol–water partition coefficient (Wildman–Crippen LogP) is 3.97. The second-order valence-electron chi connectivity index (χ2n) is 6.29. The van der Waals surface area contributed by atoms with Gasteiger partial charge >= 0.3 is 0 Å². The quantitative estimate of drug-likeness (QED) is 0.498. The van der Waals surface area contributed by atoms with Gasteiger partial charge in [-0.1, -0.05) is 35.5 Å². The number of nitrogens with zero attached hydrogens (tertiary/aromatic N) is 3. The highest BCUT2D eigenvalue weighted by atomic mass is 32.2. The third kappa shape index (κ3) is 4.49. The molecule has 1 atom stereocenters. The summed E-state index contributed by atoms with van der Waals surface area (Å²) in [6.45, 7) is 6.69. The van der Waals surface area contributed by atoms with Gasteiger partial charge in [0.25, 0.3) is 0 Å². The van der Waals surface area contributed by atoms with Crippen LogP contribution in [0.5, 0.6) is 0 Å². The molecule has 1 aromatic heterocycles. The van der Waals surface area contributed by atoms with E-state index in [0.29, 0.717) is 5.69 Å². The van der Waals surface area contributed by atoms with Gasteiger partial charge in [0.15, 0.2) is 11.0 Å². The zero-order chi connectivity index (χ0) is 19.4. The number of thioether (sulfide) groups is 1. The lowest BCUT2D eigenvalue weighted by molar-refractivity contribution is -0.115. The molecule has 0 unspecified atom stereocenters. The summed E-state index contributed by atoms with van der Waals surface area (Å²) < 4.78 is 2.03. The molecule has 3 aromatic rings. The molecular formula is C20H23N5OS. The Balaban J connectivity index is 1.75. The molecule has 1 heterocycles. The van der Waals surface area contributed by atoms with Crippen LogP contribution in [0, 0.1) is 6.92 Å². The zero-order valence-corrected chi connectivity index (χ0v) is 16.5. The molecule has 0 bridgehead atoms. The van der Waals surface area contributed by atoms with Crippen molar-refractivity contribution in [2.45, 2.75) is 37.7 Å².